The van der Waals surface area contributed by atoms with Crippen LogP contribution in [0.15, 0.2) is 27.6 Å². The number of rotatable bonds is 5. The summed E-state index contributed by atoms with van der Waals surface area (Å²) in [5, 5.41) is 3.80. The molecule has 7 heteroatoms. The van der Waals surface area contributed by atoms with Gasteiger partial charge in [-0.25, -0.2) is 13.1 Å². The summed E-state index contributed by atoms with van der Waals surface area (Å²) in [5.41, 5.74) is 2.20. The molecule has 0 atom stereocenters. The average Bonchev–Trinajstić information content (AvgIpc) is 2.76. The van der Waals surface area contributed by atoms with Gasteiger partial charge in [0.05, 0.1) is 17.7 Å². The molecule has 0 aliphatic carbocycles. The zero-order chi connectivity index (χ0) is 15.6. The zero-order valence-corrected chi connectivity index (χ0v) is 13.2. The van der Waals surface area contributed by atoms with Crippen molar-refractivity contribution in [3.05, 3.63) is 40.8 Å². The molecule has 0 spiro atoms. The van der Waals surface area contributed by atoms with E-state index in [0.717, 1.165) is 11.1 Å². The maximum Gasteiger partial charge on any atom is 0.240 e. The Bertz CT molecular complexity index is 731. The summed E-state index contributed by atoms with van der Waals surface area (Å²) in [5.74, 6) is 1.26. The van der Waals surface area contributed by atoms with E-state index in [0.29, 0.717) is 17.2 Å². The molecule has 0 fully saturated rings. The first kappa shape index (κ1) is 15.5. The van der Waals surface area contributed by atoms with Crippen LogP contribution in [0.2, 0.25) is 0 Å². The fourth-order valence-electron chi connectivity index (χ4n) is 2.02. The standard InChI is InChI=1S/C14H18N2O4S/c1-9-7-12(5-6-14(9)19-4)21(17,18)15-8-13-10(2)16-20-11(13)3/h5-7,15H,8H2,1-4H3. The molecule has 21 heavy (non-hydrogen) atoms. The number of sulfonamides is 1. The normalized spacial score (nSPS) is 11.6. The van der Waals surface area contributed by atoms with Crippen molar-refractivity contribution in [1.82, 2.24) is 9.88 Å². The highest BCUT2D eigenvalue weighted by Crippen LogP contribution is 2.21. The molecule has 2 aromatic rings. The fraction of sp³-hybridized carbons (Fsp3) is 0.357. The number of aromatic nitrogens is 1. The van der Waals surface area contributed by atoms with Crippen LogP contribution in [0.4, 0.5) is 0 Å². The average molecular weight is 310 g/mol. The van der Waals surface area contributed by atoms with Crippen LogP contribution in [0.1, 0.15) is 22.6 Å². The maximum absolute atomic E-state index is 12.3. The van der Waals surface area contributed by atoms with Gasteiger partial charge in [-0.2, -0.15) is 0 Å². The third-order valence-electron chi connectivity index (χ3n) is 3.30. The van der Waals surface area contributed by atoms with Crippen molar-refractivity contribution in [3.8, 4) is 5.75 Å². The van der Waals surface area contributed by atoms with Crippen molar-refractivity contribution in [2.75, 3.05) is 7.11 Å². The highest BCUT2D eigenvalue weighted by atomic mass is 32.2. The van der Waals surface area contributed by atoms with Gasteiger partial charge in [-0.3, -0.25) is 0 Å². The van der Waals surface area contributed by atoms with E-state index in [-0.39, 0.29) is 11.4 Å². The Balaban J connectivity index is 2.21. The molecule has 0 unspecified atom stereocenters. The number of nitrogens with one attached hydrogen (secondary N) is 1. The Morgan fingerprint density at radius 3 is 2.52 bits per heavy atom. The quantitative estimate of drug-likeness (QED) is 0.914. The Hall–Kier alpha value is -1.86. The summed E-state index contributed by atoms with van der Waals surface area (Å²) in [7, 11) is -2.04. The molecule has 1 aromatic carbocycles. The summed E-state index contributed by atoms with van der Waals surface area (Å²) >= 11 is 0. The van der Waals surface area contributed by atoms with Gasteiger partial charge in [0.2, 0.25) is 10.0 Å². The lowest BCUT2D eigenvalue weighted by Crippen LogP contribution is -2.23. The van der Waals surface area contributed by atoms with Crippen LogP contribution >= 0.6 is 0 Å². The van der Waals surface area contributed by atoms with Gasteiger partial charge in [0.1, 0.15) is 11.5 Å². The minimum atomic E-state index is -3.59. The van der Waals surface area contributed by atoms with E-state index < -0.39 is 10.0 Å². The number of methoxy groups -OCH3 is 1. The zero-order valence-electron chi connectivity index (χ0n) is 12.4. The van der Waals surface area contributed by atoms with E-state index in [4.69, 9.17) is 9.26 Å². The van der Waals surface area contributed by atoms with Crippen LogP contribution in [-0.4, -0.2) is 20.7 Å². The SMILES string of the molecule is COc1ccc(S(=O)(=O)NCc2c(C)noc2C)cc1C. The number of aryl methyl sites for hydroxylation is 3. The Morgan fingerprint density at radius 2 is 2.00 bits per heavy atom. The van der Waals surface area contributed by atoms with Crippen LogP contribution in [0, 0.1) is 20.8 Å². The Labute approximate surface area is 124 Å². The largest absolute Gasteiger partial charge is 0.496 e. The van der Waals surface area contributed by atoms with E-state index in [2.05, 4.69) is 9.88 Å². The van der Waals surface area contributed by atoms with E-state index in [1.54, 1.807) is 40.0 Å². The summed E-state index contributed by atoms with van der Waals surface area (Å²) in [6, 6.07) is 4.73. The minimum Gasteiger partial charge on any atom is -0.496 e. The summed E-state index contributed by atoms with van der Waals surface area (Å²) < 4.78 is 37.3. The third-order valence-corrected chi connectivity index (χ3v) is 4.70. The van der Waals surface area contributed by atoms with Crippen LogP contribution < -0.4 is 9.46 Å². The van der Waals surface area contributed by atoms with Crippen LogP contribution in [0.5, 0.6) is 5.75 Å². The Morgan fingerprint density at radius 1 is 1.29 bits per heavy atom. The highest BCUT2D eigenvalue weighted by Gasteiger charge is 2.17. The monoisotopic (exact) mass is 310 g/mol. The lowest BCUT2D eigenvalue weighted by atomic mass is 10.2. The molecule has 6 nitrogen and oxygen atoms in total. The first-order valence-electron chi connectivity index (χ1n) is 6.41. The van der Waals surface area contributed by atoms with Crippen molar-refractivity contribution in [2.24, 2.45) is 0 Å². The third kappa shape index (κ3) is 3.25. The second-order valence-corrected chi connectivity index (χ2v) is 6.53. The van der Waals surface area contributed by atoms with Crippen molar-refractivity contribution in [1.29, 1.82) is 0 Å². The number of benzene rings is 1. The second kappa shape index (κ2) is 5.87. The lowest BCUT2D eigenvalue weighted by molar-refractivity contribution is 0.392. The van der Waals surface area contributed by atoms with Gasteiger partial charge < -0.3 is 9.26 Å². The fourth-order valence-corrected chi connectivity index (χ4v) is 3.10. The predicted molar refractivity (Wildman–Crippen MR) is 77.7 cm³/mol. The molecule has 0 bridgehead atoms. The molecular formula is C14H18N2O4S. The molecule has 0 saturated carbocycles. The highest BCUT2D eigenvalue weighted by molar-refractivity contribution is 7.89. The predicted octanol–water partition coefficient (Wildman–Crippen LogP) is 2.09. The van der Waals surface area contributed by atoms with Gasteiger partial charge in [0, 0.05) is 12.1 Å². The lowest BCUT2D eigenvalue weighted by Gasteiger charge is -2.09. The smallest absolute Gasteiger partial charge is 0.240 e. The maximum atomic E-state index is 12.3. The van der Waals surface area contributed by atoms with Gasteiger partial charge in [-0.15, -0.1) is 0 Å². The molecule has 1 N–H and O–H groups in total. The molecule has 0 aliphatic rings. The van der Waals surface area contributed by atoms with Gasteiger partial charge >= 0.3 is 0 Å². The van der Waals surface area contributed by atoms with Crippen LogP contribution in [0.3, 0.4) is 0 Å². The second-order valence-electron chi connectivity index (χ2n) is 4.76. The minimum absolute atomic E-state index is 0.147. The molecule has 0 saturated heterocycles. The molecule has 1 heterocycles. The van der Waals surface area contributed by atoms with Crippen molar-refractivity contribution >= 4 is 10.0 Å². The number of hydrogen-bond acceptors (Lipinski definition) is 5. The number of ether oxygens (including phenoxy) is 1. The first-order chi connectivity index (χ1) is 9.85. The molecule has 0 radical (unpaired) electrons. The molecule has 114 valence electrons. The summed E-state index contributed by atoms with van der Waals surface area (Å²) in [6.07, 6.45) is 0. The van der Waals surface area contributed by atoms with Crippen molar-refractivity contribution in [3.63, 3.8) is 0 Å². The van der Waals surface area contributed by atoms with Crippen molar-refractivity contribution in [2.45, 2.75) is 32.2 Å². The van der Waals surface area contributed by atoms with Crippen LogP contribution in [0.25, 0.3) is 0 Å². The summed E-state index contributed by atoms with van der Waals surface area (Å²) in [6.45, 7) is 5.47. The molecule has 2 rings (SSSR count). The topological polar surface area (TPSA) is 81.4 Å². The first-order valence-corrected chi connectivity index (χ1v) is 7.89. The molecular weight excluding hydrogens is 292 g/mol. The van der Waals surface area contributed by atoms with Gasteiger partial charge in [-0.1, -0.05) is 5.16 Å². The van der Waals surface area contributed by atoms with Gasteiger partial charge in [-0.05, 0) is 44.5 Å². The van der Waals surface area contributed by atoms with E-state index in [9.17, 15) is 8.42 Å². The summed E-state index contributed by atoms with van der Waals surface area (Å²) in [4.78, 5) is 0.201. The van der Waals surface area contributed by atoms with Crippen molar-refractivity contribution < 1.29 is 17.7 Å². The van der Waals surface area contributed by atoms with Crippen LogP contribution in [-0.2, 0) is 16.6 Å². The molecule has 1 aromatic heterocycles. The van der Waals surface area contributed by atoms with Gasteiger partial charge in [0.15, 0.2) is 0 Å². The van der Waals surface area contributed by atoms with E-state index in [1.807, 2.05) is 0 Å². The van der Waals surface area contributed by atoms with E-state index >= 15 is 0 Å². The molecule has 0 aliphatic heterocycles. The molecule has 0 amide bonds. The number of hydrogen-bond donors (Lipinski definition) is 1. The Kier molecular flexibility index (Phi) is 4.34. The van der Waals surface area contributed by atoms with E-state index in [1.165, 1.54) is 6.07 Å². The number of nitrogens with zero attached hydrogens (tertiary/aromatic N) is 1. The van der Waals surface area contributed by atoms with Gasteiger partial charge in [0.25, 0.3) is 0 Å².